The predicted molar refractivity (Wildman–Crippen MR) is 45.8 cm³/mol. The molecular formula is C10H12O2. The molecule has 1 fully saturated rings. The highest BCUT2D eigenvalue weighted by Gasteiger charge is 2.23. The second kappa shape index (κ2) is 3.25. The first-order chi connectivity index (χ1) is 5.90. The zero-order valence-corrected chi connectivity index (χ0v) is 7.12. The van der Waals surface area contributed by atoms with E-state index < -0.39 is 0 Å². The molecule has 0 N–H and O–H groups in total. The molecular weight excluding hydrogens is 152 g/mol. The van der Waals surface area contributed by atoms with Crippen LogP contribution in [0.2, 0.25) is 0 Å². The summed E-state index contributed by atoms with van der Waals surface area (Å²) in [4.78, 5) is 0. The normalized spacial score (nSPS) is 20.9. The second-order valence-electron chi connectivity index (χ2n) is 3.00. The van der Waals surface area contributed by atoms with Gasteiger partial charge in [-0.1, -0.05) is 24.3 Å². The number of ether oxygens (including phenoxy) is 2. The Hall–Kier alpha value is -0.860. The van der Waals surface area contributed by atoms with Crippen LogP contribution in [0.1, 0.15) is 17.2 Å². The minimum atomic E-state index is 0.363. The van der Waals surface area contributed by atoms with Gasteiger partial charge < -0.3 is 9.47 Å². The average molecular weight is 164 g/mol. The number of epoxide rings is 1. The lowest BCUT2D eigenvalue weighted by molar-refractivity contribution is 0.185. The van der Waals surface area contributed by atoms with Crippen LogP contribution in [0.15, 0.2) is 24.3 Å². The number of hydrogen-bond acceptors (Lipinski definition) is 2. The number of hydrogen-bond donors (Lipinski definition) is 0. The van der Waals surface area contributed by atoms with Crippen molar-refractivity contribution in [1.29, 1.82) is 0 Å². The Morgan fingerprint density at radius 3 is 2.58 bits per heavy atom. The van der Waals surface area contributed by atoms with E-state index in [0.717, 1.165) is 6.61 Å². The molecule has 0 aliphatic carbocycles. The van der Waals surface area contributed by atoms with Crippen molar-refractivity contribution in [3.8, 4) is 0 Å². The van der Waals surface area contributed by atoms with Gasteiger partial charge in [0.25, 0.3) is 0 Å². The first kappa shape index (κ1) is 7.77. The lowest BCUT2D eigenvalue weighted by atomic mass is 10.1. The minimum absolute atomic E-state index is 0.363. The summed E-state index contributed by atoms with van der Waals surface area (Å²) in [5.41, 5.74) is 2.48. The van der Waals surface area contributed by atoms with Crippen LogP contribution in [0.5, 0.6) is 0 Å². The van der Waals surface area contributed by atoms with Crippen molar-refractivity contribution in [3.05, 3.63) is 35.4 Å². The fourth-order valence-corrected chi connectivity index (χ4v) is 1.24. The molecule has 2 rings (SSSR count). The summed E-state index contributed by atoms with van der Waals surface area (Å²) >= 11 is 0. The van der Waals surface area contributed by atoms with Crippen LogP contribution >= 0.6 is 0 Å². The van der Waals surface area contributed by atoms with Crippen LogP contribution < -0.4 is 0 Å². The molecule has 12 heavy (non-hydrogen) atoms. The van der Waals surface area contributed by atoms with Gasteiger partial charge in [0.2, 0.25) is 0 Å². The van der Waals surface area contributed by atoms with Crippen LogP contribution in [-0.2, 0) is 16.1 Å². The van der Waals surface area contributed by atoms with Crippen molar-refractivity contribution in [2.24, 2.45) is 0 Å². The molecule has 1 aliphatic heterocycles. The van der Waals surface area contributed by atoms with E-state index >= 15 is 0 Å². The number of methoxy groups -OCH3 is 1. The molecule has 1 aromatic carbocycles. The average Bonchev–Trinajstić information content (AvgIpc) is 2.89. The van der Waals surface area contributed by atoms with Gasteiger partial charge in [0, 0.05) is 7.11 Å². The van der Waals surface area contributed by atoms with E-state index in [-0.39, 0.29) is 0 Å². The van der Waals surface area contributed by atoms with Gasteiger partial charge in [0.15, 0.2) is 0 Å². The summed E-state index contributed by atoms with van der Waals surface area (Å²) in [6, 6.07) is 8.37. The Balaban J connectivity index is 2.08. The van der Waals surface area contributed by atoms with Crippen molar-refractivity contribution >= 4 is 0 Å². The van der Waals surface area contributed by atoms with E-state index in [1.807, 2.05) is 0 Å². The van der Waals surface area contributed by atoms with Crippen LogP contribution in [0.3, 0.4) is 0 Å². The Kier molecular flexibility index (Phi) is 2.11. The van der Waals surface area contributed by atoms with Crippen LogP contribution in [-0.4, -0.2) is 13.7 Å². The van der Waals surface area contributed by atoms with Crippen molar-refractivity contribution < 1.29 is 9.47 Å². The van der Waals surface area contributed by atoms with Gasteiger partial charge in [0.1, 0.15) is 6.10 Å². The molecule has 1 atom stereocenters. The van der Waals surface area contributed by atoms with Crippen LogP contribution in [0.25, 0.3) is 0 Å². The second-order valence-corrected chi connectivity index (χ2v) is 3.00. The zero-order valence-electron chi connectivity index (χ0n) is 7.12. The zero-order chi connectivity index (χ0) is 8.39. The Bertz CT molecular complexity index is 249. The van der Waals surface area contributed by atoms with Gasteiger partial charge in [-0.25, -0.2) is 0 Å². The molecule has 1 heterocycles. The van der Waals surface area contributed by atoms with Gasteiger partial charge >= 0.3 is 0 Å². The molecule has 1 aliphatic rings. The maximum absolute atomic E-state index is 5.16. The topological polar surface area (TPSA) is 21.8 Å². The Morgan fingerprint density at radius 1 is 1.42 bits per heavy atom. The summed E-state index contributed by atoms with van der Waals surface area (Å²) in [6.45, 7) is 1.56. The van der Waals surface area contributed by atoms with Gasteiger partial charge in [-0.2, -0.15) is 0 Å². The fraction of sp³-hybridized carbons (Fsp3) is 0.400. The highest BCUT2D eigenvalue weighted by Crippen LogP contribution is 2.29. The smallest absolute Gasteiger partial charge is 0.106 e. The van der Waals surface area contributed by atoms with Crippen LogP contribution in [0.4, 0.5) is 0 Å². The van der Waals surface area contributed by atoms with Crippen molar-refractivity contribution in [1.82, 2.24) is 0 Å². The standard InChI is InChI=1S/C10H12O2/c1-11-6-8-2-4-9(5-3-8)10-7-12-10/h2-5,10H,6-7H2,1H3/t10-/m1/s1. The van der Waals surface area contributed by atoms with Gasteiger partial charge in [-0.05, 0) is 11.1 Å². The maximum Gasteiger partial charge on any atom is 0.106 e. The van der Waals surface area contributed by atoms with E-state index in [9.17, 15) is 0 Å². The SMILES string of the molecule is COCc1ccc([C@H]2CO2)cc1. The third-order valence-corrected chi connectivity index (χ3v) is 2.00. The van der Waals surface area contributed by atoms with E-state index in [4.69, 9.17) is 9.47 Å². The van der Waals surface area contributed by atoms with Gasteiger partial charge in [-0.15, -0.1) is 0 Å². The first-order valence-electron chi connectivity index (χ1n) is 4.09. The molecule has 2 nitrogen and oxygen atoms in total. The van der Waals surface area contributed by atoms with E-state index in [1.165, 1.54) is 11.1 Å². The third-order valence-electron chi connectivity index (χ3n) is 2.00. The molecule has 0 bridgehead atoms. The largest absolute Gasteiger partial charge is 0.380 e. The van der Waals surface area contributed by atoms with E-state index in [1.54, 1.807) is 7.11 Å². The van der Waals surface area contributed by atoms with Crippen molar-refractivity contribution in [2.75, 3.05) is 13.7 Å². The lowest BCUT2D eigenvalue weighted by Gasteiger charge is -2.00. The molecule has 0 spiro atoms. The molecule has 64 valence electrons. The quantitative estimate of drug-likeness (QED) is 0.636. The van der Waals surface area contributed by atoms with Gasteiger partial charge in [-0.3, -0.25) is 0 Å². The monoisotopic (exact) mass is 164 g/mol. The minimum Gasteiger partial charge on any atom is -0.380 e. The highest BCUT2D eigenvalue weighted by atomic mass is 16.6. The van der Waals surface area contributed by atoms with Crippen LogP contribution in [0, 0.1) is 0 Å². The molecule has 2 heteroatoms. The summed E-state index contributed by atoms with van der Waals surface area (Å²) in [6.07, 6.45) is 0.363. The van der Waals surface area contributed by atoms with Gasteiger partial charge in [0.05, 0.1) is 13.2 Å². The first-order valence-corrected chi connectivity index (χ1v) is 4.09. The summed E-state index contributed by atoms with van der Waals surface area (Å²) < 4.78 is 10.2. The summed E-state index contributed by atoms with van der Waals surface area (Å²) in [7, 11) is 1.71. The molecule has 0 unspecified atom stereocenters. The molecule has 0 saturated carbocycles. The fourth-order valence-electron chi connectivity index (χ4n) is 1.24. The van der Waals surface area contributed by atoms with E-state index in [0.29, 0.717) is 12.7 Å². The predicted octanol–water partition coefficient (Wildman–Crippen LogP) is 1.90. The Morgan fingerprint density at radius 2 is 2.08 bits per heavy atom. The number of rotatable bonds is 3. The third kappa shape index (κ3) is 1.65. The summed E-state index contributed by atoms with van der Waals surface area (Å²) in [5.74, 6) is 0. The molecule has 0 radical (unpaired) electrons. The molecule has 1 aromatic rings. The molecule has 0 amide bonds. The molecule has 1 saturated heterocycles. The van der Waals surface area contributed by atoms with Crippen molar-refractivity contribution in [2.45, 2.75) is 12.7 Å². The highest BCUT2D eigenvalue weighted by molar-refractivity contribution is 5.25. The number of benzene rings is 1. The molecule has 0 aromatic heterocycles. The maximum atomic E-state index is 5.16. The van der Waals surface area contributed by atoms with E-state index in [2.05, 4.69) is 24.3 Å². The summed E-state index contributed by atoms with van der Waals surface area (Å²) in [5, 5.41) is 0. The van der Waals surface area contributed by atoms with Crippen molar-refractivity contribution in [3.63, 3.8) is 0 Å². The Labute approximate surface area is 72.1 Å². The lowest BCUT2D eigenvalue weighted by Crippen LogP contribution is -1.87.